The topological polar surface area (TPSA) is 57.3 Å². The molecule has 1 atom stereocenters. The van der Waals surface area contributed by atoms with Gasteiger partial charge in [-0.15, -0.1) is 0 Å². The van der Waals surface area contributed by atoms with Gasteiger partial charge < -0.3 is 4.74 Å². The van der Waals surface area contributed by atoms with E-state index in [2.05, 4.69) is 18.2 Å². The summed E-state index contributed by atoms with van der Waals surface area (Å²) < 4.78 is 12.6. The molecule has 2 heterocycles. The Labute approximate surface area is 155 Å². The number of hydrogen-bond acceptors (Lipinski definition) is 5. The van der Waals surface area contributed by atoms with Gasteiger partial charge in [-0.3, -0.25) is 4.52 Å². The highest BCUT2D eigenvalue weighted by Crippen LogP contribution is 2.47. The summed E-state index contributed by atoms with van der Waals surface area (Å²) in [4.78, 5) is 11.1. The molecular formula is C18H19ClN2O3S. The third kappa shape index (κ3) is 3.47. The van der Waals surface area contributed by atoms with Gasteiger partial charge >= 0.3 is 5.76 Å². The van der Waals surface area contributed by atoms with Crippen LogP contribution in [0.3, 0.4) is 0 Å². The Bertz CT molecular complexity index is 854. The predicted molar refractivity (Wildman–Crippen MR) is 101 cm³/mol. The van der Waals surface area contributed by atoms with Gasteiger partial charge in [0.1, 0.15) is 0 Å². The van der Waals surface area contributed by atoms with E-state index in [1.165, 1.54) is 16.3 Å². The molecule has 1 aliphatic heterocycles. The van der Waals surface area contributed by atoms with Gasteiger partial charge in [0.25, 0.3) is 0 Å². The third-order valence-corrected chi connectivity index (χ3v) is 5.46. The molecule has 0 amide bonds. The van der Waals surface area contributed by atoms with Crippen molar-refractivity contribution in [3.05, 3.63) is 68.8 Å². The van der Waals surface area contributed by atoms with Crippen LogP contribution in [-0.2, 0) is 9.67 Å². The predicted octanol–water partition coefficient (Wildman–Crippen LogP) is 4.63. The van der Waals surface area contributed by atoms with Gasteiger partial charge in [-0.05, 0) is 30.9 Å². The number of ether oxygens (including phenoxy) is 1. The molecule has 1 aromatic heterocycles. The van der Waals surface area contributed by atoms with E-state index >= 15 is 0 Å². The fourth-order valence-corrected chi connectivity index (χ4v) is 3.82. The van der Waals surface area contributed by atoms with Crippen LogP contribution in [0.15, 0.2) is 51.1 Å². The zero-order valence-electron chi connectivity index (χ0n) is 14.1. The van der Waals surface area contributed by atoms with Crippen LogP contribution in [0.1, 0.15) is 38.1 Å². The third-order valence-electron chi connectivity index (χ3n) is 3.88. The fourth-order valence-electron chi connectivity index (χ4n) is 2.61. The first-order valence-electron chi connectivity index (χ1n) is 8.07. The molecule has 0 saturated heterocycles. The zero-order chi connectivity index (χ0) is 17.9. The molecule has 0 spiro atoms. The normalized spacial score (nSPS) is 19.9. The molecule has 0 fully saturated rings. The smallest absolute Gasteiger partial charge is 0.348 e. The van der Waals surface area contributed by atoms with Gasteiger partial charge in [0, 0.05) is 16.3 Å². The van der Waals surface area contributed by atoms with E-state index in [9.17, 15) is 4.79 Å². The standard InChI is InChI=1S/C18H19ClN2O3S/c1-3-4-5-6-11-23-18(14-7-9-15(19)10-8-14)16-20-24-17(22)21(16)13(2)12-25-18/h5-10,12H,3-4,11H2,1-2H3/b6-5-. The maximum absolute atomic E-state index is 12.1. The molecule has 5 nitrogen and oxygen atoms in total. The largest absolute Gasteiger partial charge is 0.446 e. The first-order valence-corrected chi connectivity index (χ1v) is 9.33. The molecule has 132 valence electrons. The highest BCUT2D eigenvalue weighted by Gasteiger charge is 2.44. The lowest BCUT2D eigenvalue weighted by Crippen LogP contribution is -2.35. The van der Waals surface area contributed by atoms with Crippen molar-refractivity contribution in [3.63, 3.8) is 0 Å². The second kappa shape index (κ2) is 7.64. The number of hydrogen-bond donors (Lipinski definition) is 0. The van der Waals surface area contributed by atoms with E-state index in [1.807, 2.05) is 30.5 Å². The summed E-state index contributed by atoms with van der Waals surface area (Å²) >= 11 is 7.48. The number of unbranched alkanes of at least 4 members (excludes halogenated alkanes) is 1. The Morgan fingerprint density at radius 3 is 2.84 bits per heavy atom. The summed E-state index contributed by atoms with van der Waals surface area (Å²) in [6, 6.07) is 7.35. The monoisotopic (exact) mass is 378 g/mol. The minimum absolute atomic E-state index is 0.392. The van der Waals surface area contributed by atoms with Gasteiger partial charge in [-0.1, -0.05) is 66.1 Å². The van der Waals surface area contributed by atoms with E-state index < -0.39 is 10.7 Å². The van der Waals surface area contributed by atoms with Crippen molar-refractivity contribution in [1.82, 2.24) is 9.72 Å². The van der Waals surface area contributed by atoms with Gasteiger partial charge in [0.15, 0.2) is 0 Å². The van der Waals surface area contributed by atoms with Crippen molar-refractivity contribution >= 4 is 29.1 Å². The lowest BCUT2D eigenvalue weighted by atomic mass is 10.1. The molecule has 0 radical (unpaired) electrons. The quantitative estimate of drug-likeness (QED) is 0.686. The van der Waals surface area contributed by atoms with Crippen LogP contribution in [0, 0.1) is 0 Å². The van der Waals surface area contributed by atoms with Crippen LogP contribution in [0.4, 0.5) is 0 Å². The fraction of sp³-hybridized carbons (Fsp3) is 0.333. The first kappa shape index (κ1) is 18.0. The summed E-state index contributed by atoms with van der Waals surface area (Å²) in [5, 5.41) is 6.52. The SMILES string of the molecule is CCC/C=C\COC1(c2ccc(Cl)cc2)SC=C(C)n2c1noc2=O. The Kier molecular flexibility index (Phi) is 5.51. The van der Waals surface area contributed by atoms with Gasteiger partial charge in [-0.2, -0.15) is 0 Å². The maximum Gasteiger partial charge on any atom is 0.446 e. The Morgan fingerprint density at radius 2 is 2.12 bits per heavy atom. The molecule has 0 bridgehead atoms. The minimum atomic E-state index is -0.965. The van der Waals surface area contributed by atoms with Crippen LogP contribution < -0.4 is 5.76 Å². The molecule has 7 heteroatoms. The van der Waals surface area contributed by atoms with Gasteiger partial charge in [0.05, 0.1) is 6.61 Å². The lowest BCUT2D eigenvalue weighted by molar-refractivity contribution is 0.0642. The number of aromatic nitrogens is 2. The highest BCUT2D eigenvalue weighted by molar-refractivity contribution is 8.03. The van der Waals surface area contributed by atoms with E-state index in [1.54, 1.807) is 12.1 Å². The Morgan fingerprint density at radius 1 is 1.36 bits per heavy atom. The number of benzene rings is 1. The van der Waals surface area contributed by atoms with Crippen molar-refractivity contribution in [3.8, 4) is 0 Å². The van der Waals surface area contributed by atoms with Crippen LogP contribution in [0.25, 0.3) is 5.70 Å². The number of halogens is 1. The minimum Gasteiger partial charge on any atom is -0.348 e. The summed E-state index contributed by atoms with van der Waals surface area (Å²) in [7, 11) is 0. The second-order valence-corrected chi connectivity index (χ2v) is 7.16. The molecule has 3 rings (SSSR count). The van der Waals surface area contributed by atoms with E-state index in [-0.39, 0.29) is 0 Å². The maximum atomic E-state index is 12.1. The van der Waals surface area contributed by atoms with Crippen LogP contribution in [-0.4, -0.2) is 16.3 Å². The number of nitrogens with zero attached hydrogens (tertiary/aromatic N) is 2. The van der Waals surface area contributed by atoms with E-state index in [4.69, 9.17) is 20.9 Å². The van der Waals surface area contributed by atoms with Crippen molar-refractivity contribution in [2.24, 2.45) is 0 Å². The number of fused-ring (bicyclic) bond motifs is 1. The number of thioether (sulfide) groups is 1. The van der Waals surface area contributed by atoms with E-state index in [0.29, 0.717) is 17.5 Å². The Hall–Kier alpha value is -1.76. The number of allylic oxidation sites excluding steroid dienone is 2. The summed E-state index contributed by atoms with van der Waals surface area (Å²) in [5.41, 5.74) is 1.59. The Balaban J connectivity index is 2.04. The number of rotatable bonds is 6. The summed E-state index contributed by atoms with van der Waals surface area (Å²) in [6.45, 7) is 4.35. The first-order chi connectivity index (χ1) is 12.1. The van der Waals surface area contributed by atoms with Gasteiger partial charge in [0.2, 0.25) is 10.8 Å². The molecule has 0 N–H and O–H groups in total. The van der Waals surface area contributed by atoms with Crippen LogP contribution in [0.5, 0.6) is 0 Å². The summed E-state index contributed by atoms with van der Waals surface area (Å²) in [6.07, 6.45) is 6.14. The average molecular weight is 379 g/mol. The van der Waals surface area contributed by atoms with E-state index in [0.717, 1.165) is 24.1 Å². The van der Waals surface area contributed by atoms with Crippen LogP contribution >= 0.6 is 23.4 Å². The van der Waals surface area contributed by atoms with Crippen LogP contribution in [0.2, 0.25) is 5.02 Å². The molecular weight excluding hydrogens is 360 g/mol. The zero-order valence-corrected chi connectivity index (χ0v) is 15.6. The van der Waals surface area contributed by atoms with Crippen molar-refractivity contribution in [2.75, 3.05) is 6.61 Å². The van der Waals surface area contributed by atoms with Crippen molar-refractivity contribution in [1.29, 1.82) is 0 Å². The average Bonchev–Trinajstić information content (AvgIpc) is 3.01. The van der Waals surface area contributed by atoms with Gasteiger partial charge in [-0.25, -0.2) is 9.36 Å². The highest BCUT2D eigenvalue weighted by atomic mass is 35.5. The van der Waals surface area contributed by atoms with Crippen molar-refractivity contribution < 1.29 is 9.26 Å². The lowest BCUT2D eigenvalue weighted by Gasteiger charge is -2.33. The molecule has 2 aromatic rings. The molecule has 1 unspecified atom stereocenters. The molecule has 1 aromatic carbocycles. The summed E-state index contributed by atoms with van der Waals surface area (Å²) in [5.74, 6) is -0.0961. The van der Waals surface area contributed by atoms with Crippen molar-refractivity contribution in [2.45, 2.75) is 31.6 Å². The molecule has 1 aliphatic rings. The molecule has 0 saturated carbocycles. The molecule has 25 heavy (non-hydrogen) atoms. The molecule has 0 aliphatic carbocycles. The second-order valence-electron chi connectivity index (χ2n) is 5.68.